The molecular formula is C18H20BrN5O3. The SMILES string of the molecule is COc1cc(C=NN=C(N)N)cc(Br)c1OCC(=O)Nc1ccc(C)cc1. The van der Waals surface area contributed by atoms with Gasteiger partial charge in [0.05, 0.1) is 17.8 Å². The van der Waals surface area contributed by atoms with Crippen LogP contribution in [0.3, 0.4) is 0 Å². The van der Waals surface area contributed by atoms with Gasteiger partial charge < -0.3 is 26.3 Å². The number of guanidine groups is 1. The zero-order valence-electron chi connectivity index (χ0n) is 14.9. The fourth-order valence-electron chi connectivity index (χ4n) is 2.09. The number of ether oxygens (including phenoxy) is 2. The molecule has 0 aliphatic rings. The molecule has 0 atom stereocenters. The van der Waals surface area contributed by atoms with E-state index in [-0.39, 0.29) is 18.5 Å². The molecule has 0 aliphatic carbocycles. The van der Waals surface area contributed by atoms with Crippen LogP contribution in [0, 0.1) is 6.92 Å². The van der Waals surface area contributed by atoms with Gasteiger partial charge in [0.1, 0.15) is 0 Å². The van der Waals surface area contributed by atoms with Crippen molar-refractivity contribution in [3.8, 4) is 11.5 Å². The van der Waals surface area contributed by atoms with Crippen LogP contribution in [0.4, 0.5) is 5.69 Å². The van der Waals surface area contributed by atoms with E-state index in [0.29, 0.717) is 27.2 Å². The van der Waals surface area contributed by atoms with Gasteiger partial charge in [-0.1, -0.05) is 17.7 Å². The molecule has 0 saturated heterocycles. The van der Waals surface area contributed by atoms with Crippen LogP contribution >= 0.6 is 15.9 Å². The van der Waals surface area contributed by atoms with Gasteiger partial charge in [-0.15, -0.1) is 5.10 Å². The quantitative estimate of drug-likeness (QED) is 0.351. The van der Waals surface area contributed by atoms with E-state index in [0.717, 1.165) is 5.56 Å². The second-order valence-corrected chi connectivity index (χ2v) is 6.36. The maximum atomic E-state index is 12.1. The molecule has 0 heterocycles. The van der Waals surface area contributed by atoms with Gasteiger partial charge in [-0.25, -0.2) is 0 Å². The minimum atomic E-state index is -0.286. The summed E-state index contributed by atoms with van der Waals surface area (Å²) < 4.78 is 11.5. The summed E-state index contributed by atoms with van der Waals surface area (Å²) in [5.74, 6) is 0.400. The lowest BCUT2D eigenvalue weighted by molar-refractivity contribution is -0.118. The number of hydrogen-bond donors (Lipinski definition) is 3. The summed E-state index contributed by atoms with van der Waals surface area (Å²) in [6.45, 7) is 1.80. The third-order valence-corrected chi connectivity index (χ3v) is 3.90. The van der Waals surface area contributed by atoms with Crippen LogP contribution in [0.1, 0.15) is 11.1 Å². The average molecular weight is 434 g/mol. The first-order valence-electron chi connectivity index (χ1n) is 7.88. The normalized spacial score (nSPS) is 10.5. The largest absolute Gasteiger partial charge is 0.493 e. The van der Waals surface area contributed by atoms with Crippen molar-refractivity contribution in [2.75, 3.05) is 19.0 Å². The van der Waals surface area contributed by atoms with Gasteiger partial charge in [-0.3, -0.25) is 4.79 Å². The Morgan fingerprint density at radius 3 is 2.59 bits per heavy atom. The molecule has 0 aromatic heterocycles. The second kappa shape index (κ2) is 9.58. The van der Waals surface area contributed by atoms with Gasteiger partial charge in [0, 0.05) is 5.69 Å². The van der Waals surface area contributed by atoms with E-state index >= 15 is 0 Å². The molecule has 0 unspecified atom stereocenters. The molecule has 0 aliphatic heterocycles. The number of nitrogens with one attached hydrogen (secondary N) is 1. The fourth-order valence-corrected chi connectivity index (χ4v) is 2.66. The molecule has 2 rings (SSSR count). The van der Waals surface area contributed by atoms with Crippen molar-refractivity contribution in [3.63, 3.8) is 0 Å². The van der Waals surface area contributed by atoms with Crippen molar-refractivity contribution in [3.05, 3.63) is 52.0 Å². The van der Waals surface area contributed by atoms with E-state index in [9.17, 15) is 4.79 Å². The molecule has 0 bridgehead atoms. The van der Waals surface area contributed by atoms with Crippen molar-refractivity contribution in [1.29, 1.82) is 0 Å². The lowest BCUT2D eigenvalue weighted by Gasteiger charge is -2.13. The van der Waals surface area contributed by atoms with Crippen molar-refractivity contribution < 1.29 is 14.3 Å². The molecule has 142 valence electrons. The zero-order chi connectivity index (χ0) is 19.8. The third kappa shape index (κ3) is 6.30. The highest BCUT2D eigenvalue weighted by Crippen LogP contribution is 2.36. The van der Waals surface area contributed by atoms with E-state index in [1.165, 1.54) is 13.3 Å². The van der Waals surface area contributed by atoms with E-state index in [4.69, 9.17) is 20.9 Å². The summed E-state index contributed by atoms with van der Waals surface area (Å²) in [7, 11) is 1.50. The molecule has 0 fully saturated rings. The lowest BCUT2D eigenvalue weighted by Crippen LogP contribution is -2.21. The highest BCUT2D eigenvalue weighted by atomic mass is 79.9. The van der Waals surface area contributed by atoms with Crippen LogP contribution in [0.15, 0.2) is 51.1 Å². The number of carbonyl (C=O) groups excluding carboxylic acids is 1. The fraction of sp³-hybridized carbons (Fsp3) is 0.167. The van der Waals surface area contributed by atoms with Gasteiger partial charge in [0.15, 0.2) is 18.1 Å². The number of carbonyl (C=O) groups is 1. The van der Waals surface area contributed by atoms with Crippen LogP contribution in [0.5, 0.6) is 11.5 Å². The minimum Gasteiger partial charge on any atom is -0.493 e. The Balaban J connectivity index is 2.06. The number of nitrogens with zero attached hydrogens (tertiary/aromatic N) is 2. The number of hydrogen-bond acceptors (Lipinski definition) is 5. The van der Waals surface area contributed by atoms with Crippen LogP contribution in [-0.4, -0.2) is 31.8 Å². The molecule has 9 heteroatoms. The maximum absolute atomic E-state index is 12.1. The number of amides is 1. The highest BCUT2D eigenvalue weighted by molar-refractivity contribution is 9.10. The molecule has 2 aromatic carbocycles. The number of aryl methyl sites for hydroxylation is 1. The molecule has 0 radical (unpaired) electrons. The van der Waals surface area contributed by atoms with Gasteiger partial charge >= 0.3 is 0 Å². The molecule has 27 heavy (non-hydrogen) atoms. The number of halogens is 1. The third-order valence-electron chi connectivity index (χ3n) is 3.31. The maximum Gasteiger partial charge on any atom is 0.262 e. The Kier molecular flexibility index (Phi) is 7.18. The summed E-state index contributed by atoms with van der Waals surface area (Å²) in [5.41, 5.74) is 12.9. The van der Waals surface area contributed by atoms with Crippen molar-refractivity contribution >= 4 is 39.7 Å². The lowest BCUT2D eigenvalue weighted by atomic mass is 10.2. The highest BCUT2D eigenvalue weighted by Gasteiger charge is 2.13. The van der Waals surface area contributed by atoms with Crippen LogP contribution in [-0.2, 0) is 4.79 Å². The molecule has 8 nitrogen and oxygen atoms in total. The number of anilines is 1. The Hall–Kier alpha value is -3.07. The Labute approximate surface area is 165 Å². The minimum absolute atomic E-state index is 0.142. The van der Waals surface area contributed by atoms with Gasteiger partial charge in [0.2, 0.25) is 5.96 Å². The molecule has 2 aromatic rings. The van der Waals surface area contributed by atoms with Gasteiger partial charge in [0.25, 0.3) is 5.91 Å². The second-order valence-electron chi connectivity index (χ2n) is 5.51. The van der Waals surface area contributed by atoms with E-state index in [1.54, 1.807) is 12.1 Å². The van der Waals surface area contributed by atoms with Crippen LogP contribution < -0.4 is 26.3 Å². The number of nitrogens with two attached hydrogens (primary N) is 2. The number of rotatable bonds is 7. The summed E-state index contributed by atoms with van der Waals surface area (Å²) >= 11 is 3.40. The Bertz CT molecular complexity index is 862. The Morgan fingerprint density at radius 2 is 1.96 bits per heavy atom. The molecular weight excluding hydrogens is 414 g/mol. The molecule has 0 spiro atoms. The first kappa shape index (κ1) is 20.2. The number of benzene rings is 2. The average Bonchev–Trinajstić information content (AvgIpc) is 2.62. The number of methoxy groups -OCH3 is 1. The predicted molar refractivity (Wildman–Crippen MR) is 109 cm³/mol. The first-order valence-corrected chi connectivity index (χ1v) is 8.67. The van der Waals surface area contributed by atoms with Crippen molar-refractivity contribution in [2.24, 2.45) is 21.7 Å². The molecule has 5 N–H and O–H groups in total. The topological polar surface area (TPSA) is 124 Å². The van der Waals surface area contributed by atoms with Crippen LogP contribution in [0.2, 0.25) is 0 Å². The van der Waals surface area contributed by atoms with Crippen LogP contribution in [0.25, 0.3) is 0 Å². The smallest absolute Gasteiger partial charge is 0.262 e. The molecule has 1 amide bonds. The summed E-state index contributed by atoms with van der Waals surface area (Å²) in [5, 5.41) is 10.0. The zero-order valence-corrected chi connectivity index (χ0v) is 16.5. The Morgan fingerprint density at radius 1 is 1.26 bits per heavy atom. The molecule has 0 saturated carbocycles. The monoisotopic (exact) mass is 433 g/mol. The summed E-state index contributed by atoms with van der Waals surface area (Å²) in [6.07, 6.45) is 1.46. The summed E-state index contributed by atoms with van der Waals surface area (Å²) in [4.78, 5) is 12.1. The standard InChI is InChI=1S/C18H20BrN5O3/c1-11-3-5-13(6-4-11)23-16(25)10-27-17-14(19)7-12(8-15(17)26-2)9-22-24-18(20)21/h3-9H,10H2,1-2H3,(H,23,25)(H4,20,21,24). The van der Waals surface area contributed by atoms with Crippen molar-refractivity contribution in [1.82, 2.24) is 0 Å². The van der Waals surface area contributed by atoms with Gasteiger partial charge in [-0.05, 0) is 52.7 Å². The van der Waals surface area contributed by atoms with Gasteiger partial charge in [-0.2, -0.15) is 5.10 Å². The predicted octanol–water partition coefficient (Wildman–Crippen LogP) is 2.39. The van der Waals surface area contributed by atoms with E-state index < -0.39 is 0 Å². The van der Waals surface area contributed by atoms with E-state index in [1.807, 2.05) is 31.2 Å². The van der Waals surface area contributed by atoms with Crippen molar-refractivity contribution in [2.45, 2.75) is 6.92 Å². The summed E-state index contributed by atoms with van der Waals surface area (Å²) in [6, 6.07) is 10.9. The van der Waals surface area contributed by atoms with E-state index in [2.05, 4.69) is 31.4 Å². The first-order chi connectivity index (χ1) is 12.9.